The van der Waals surface area contributed by atoms with Gasteiger partial charge in [0.2, 0.25) is 10.0 Å². The van der Waals surface area contributed by atoms with E-state index < -0.39 is 10.0 Å². The van der Waals surface area contributed by atoms with Crippen LogP contribution < -0.4 is 9.64 Å². The van der Waals surface area contributed by atoms with Crippen molar-refractivity contribution in [1.29, 1.82) is 0 Å². The first-order valence-electron chi connectivity index (χ1n) is 7.79. The molecule has 130 valence electrons. The average molecular weight is 348 g/mol. The standard InChI is InChI=1S/C18H24N2O3S/c1-5-20(14-15-10-12-16(13-11-15)19(2)3)24(21,22)18-9-7-6-8-17(18)23-4/h6-13H,5,14H2,1-4H3. The molecule has 0 aromatic heterocycles. The van der Waals surface area contributed by atoms with Gasteiger partial charge in [0.15, 0.2) is 0 Å². The quantitative estimate of drug-likeness (QED) is 0.772. The summed E-state index contributed by atoms with van der Waals surface area (Å²) in [5.41, 5.74) is 2.02. The van der Waals surface area contributed by atoms with Gasteiger partial charge in [-0.3, -0.25) is 0 Å². The van der Waals surface area contributed by atoms with E-state index in [0.717, 1.165) is 11.3 Å². The highest BCUT2D eigenvalue weighted by Crippen LogP contribution is 2.27. The Morgan fingerprint density at radius 3 is 2.17 bits per heavy atom. The molecule has 24 heavy (non-hydrogen) atoms. The molecule has 0 atom stereocenters. The lowest BCUT2D eigenvalue weighted by molar-refractivity contribution is 0.391. The minimum absolute atomic E-state index is 0.194. The van der Waals surface area contributed by atoms with Crippen molar-refractivity contribution in [2.45, 2.75) is 18.4 Å². The zero-order chi connectivity index (χ0) is 17.7. The molecule has 0 unspecified atom stereocenters. The molecule has 6 heteroatoms. The van der Waals surface area contributed by atoms with Gasteiger partial charge < -0.3 is 9.64 Å². The SMILES string of the molecule is CCN(Cc1ccc(N(C)C)cc1)S(=O)(=O)c1ccccc1OC. The summed E-state index contributed by atoms with van der Waals surface area (Å²) < 4.78 is 32.6. The molecule has 0 N–H and O–H groups in total. The fourth-order valence-corrected chi connectivity index (χ4v) is 4.03. The highest BCUT2D eigenvalue weighted by molar-refractivity contribution is 7.89. The highest BCUT2D eigenvalue weighted by Gasteiger charge is 2.26. The fraction of sp³-hybridized carbons (Fsp3) is 0.333. The monoisotopic (exact) mass is 348 g/mol. The molecule has 0 heterocycles. The molecule has 2 aromatic carbocycles. The van der Waals surface area contributed by atoms with Crippen molar-refractivity contribution in [3.05, 3.63) is 54.1 Å². The molecular weight excluding hydrogens is 324 g/mol. The van der Waals surface area contributed by atoms with Crippen molar-refractivity contribution in [2.75, 3.05) is 32.6 Å². The molecule has 0 fully saturated rings. The summed E-state index contributed by atoms with van der Waals surface area (Å²) in [5.74, 6) is 0.360. The minimum Gasteiger partial charge on any atom is -0.495 e. The number of benzene rings is 2. The number of rotatable bonds is 7. The smallest absolute Gasteiger partial charge is 0.247 e. The van der Waals surface area contributed by atoms with Gasteiger partial charge in [-0.15, -0.1) is 0 Å². The largest absolute Gasteiger partial charge is 0.495 e. The molecule has 5 nitrogen and oxygen atoms in total. The van der Waals surface area contributed by atoms with Crippen LogP contribution in [0.2, 0.25) is 0 Å². The van der Waals surface area contributed by atoms with Crippen molar-refractivity contribution < 1.29 is 13.2 Å². The molecular formula is C18H24N2O3S. The van der Waals surface area contributed by atoms with Crippen LogP contribution >= 0.6 is 0 Å². The van der Waals surface area contributed by atoms with Gasteiger partial charge in [0.25, 0.3) is 0 Å². The number of hydrogen-bond acceptors (Lipinski definition) is 4. The Morgan fingerprint density at radius 1 is 1.00 bits per heavy atom. The summed E-state index contributed by atoms with van der Waals surface area (Å²) in [4.78, 5) is 2.20. The number of methoxy groups -OCH3 is 1. The maximum Gasteiger partial charge on any atom is 0.247 e. The third-order valence-corrected chi connectivity index (χ3v) is 5.81. The van der Waals surface area contributed by atoms with E-state index in [-0.39, 0.29) is 4.90 Å². The van der Waals surface area contributed by atoms with Gasteiger partial charge in [0, 0.05) is 32.9 Å². The molecule has 0 saturated heterocycles. The van der Waals surface area contributed by atoms with Gasteiger partial charge in [-0.25, -0.2) is 8.42 Å². The maximum absolute atomic E-state index is 13.0. The normalized spacial score (nSPS) is 11.5. The van der Waals surface area contributed by atoms with Crippen molar-refractivity contribution >= 4 is 15.7 Å². The lowest BCUT2D eigenvalue weighted by Gasteiger charge is -2.22. The zero-order valence-electron chi connectivity index (χ0n) is 14.6. The Balaban J connectivity index is 2.30. The summed E-state index contributed by atoms with van der Waals surface area (Å²) in [6, 6.07) is 14.6. The Hall–Kier alpha value is -2.05. The van der Waals surface area contributed by atoms with Gasteiger partial charge in [0.05, 0.1) is 7.11 Å². The van der Waals surface area contributed by atoms with E-state index in [2.05, 4.69) is 0 Å². The number of sulfonamides is 1. The van der Waals surface area contributed by atoms with Gasteiger partial charge in [-0.1, -0.05) is 31.2 Å². The van der Waals surface area contributed by atoms with E-state index in [0.29, 0.717) is 18.8 Å². The Kier molecular flexibility index (Phi) is 5.85. The van der Waals surface area contributed by atoms with Crippen LogP contribution in [0.3, 0.4) is 0 Å². The van der Waals surface area contributed by atoms with Crippen molar-refractivity contribution in [1.82, 2.24) is 4.31 Å². The Bertz CT molecular complexity index is 771. The third-order valence-electron chi connectivity index (χ3n) is 3.85. The molecule has 0 spiro atoms. The van der Waals surface area contributed by atoms with Crippen LogP contribution in [-0.2, 0) is 16.6 Å². The summed E-state index contributed by atoms with van der Waals surface area (Å²) in [6.07, 6.45) is 0. The van der Waals surface area contributed by atoms with Crippen LogP contribution in [0.1, 0.15) is 12.5 Å². The van der Waals surface area contributed by atoms with E-state index >= 15 is 0 Å². The summed E-state index contributed by atoms with van der Waals surface area (Å²) in [6.45, 7) is 2.54. The van der Waals surface area contributed by atoms with Crippen LogP contribution in [0.15, 0.2) is 53.4 Å². The third kappa shape index (κ3) is 3.88. The summed E-state index contributed by atoms with van der Waals surface area (Å²) >= 11 is 0. The number of hydrogen-bond donors (Lipinski definition) is 0. The van der Waals surface area contributed by atoms with Crippen LogP contribution in [0, 0.1) is 0 Å². The molecule has 0 bridgehead atoms. The van der Waals surface area contributed by atoms with E-state index in [1.54, 1.807) is 24.3 Å². The lowest BCUT2D eigenvalue weighted by atomic mass is 10.2. The zero-order valence-corrected chi connectivity index (χ0v) is 15.4. The maximum atomic E-state index is 13.0. The number of ether oxygens (including phenoxy) is 1. The minimum atomic E-state index is -3.62. The van der Waals surface area contributed by atoms with Crippen LogP contribution in [0.25, 0.3) is 0 Å². The molecule has 0 aliphatic carbocycles. The number of para-hydroxylation sites is 1. The first-order valence-corrected chi connectivity index (χ1v) is 9.23. The van der Waals surface area contributed by atoms with E-state index in [4.69, 9.17) is 4.74 Å². The molecule has 2 aromatic rings. The van der Waals surface area contributed by atoms with E-state index in [9.17, 15) is 8.42 Å². The lowest BCUT2D eigenvalue weighted by Crippen LogP contribution is -2.30. The first-order chi connectivity index (χ1) is 11.4. The summed E-state index contributed by atoms with van der Waals surface area (Å²) in [5, 5.41) is 0. The highest BCUT2D eigenvalue weighted by atomic mass is 32.2. The summed E-state index contributed by atoms with van der Waals surface area (Å²) in [7, 11) is 1.80. The molecule has 2 rings (SSSR count). The predicted molar refractivity (Wildman–Crippen MR) is 97.0 cm³/mol. The molecule has 0 radical (unpaired) electrons. The fourth-order valence-electron chi connectivity index (χ4n) is 2.44. The van der Waals surface area contributed by atoms with Gasteiger partial charge in [-0.05, 0) is 29.8 Å². The van der Waals surface area contributed by atoms with E-state index in [1.807, 2.05) is 50.2 Å². The molecule has 0 aliphatic heterocycles. The Labute approximate surface area is 144 Å². The second kappa shape index (κ2) is 7.68. The molecule has 0 amide bonds. The average Bonchev–Trinajstić information content (AvgIpc) is 2.59. The molecule has 0 saturated carbocycles. The predicted octanol–water partition coefficient (Wildman–Crippen LogP) is 2.97. The second-order valence-corrected chi connectivity index (χ2v) is 7.55. The van der Waals surface area contributed by atoms with Crippen LogP contribution in [0.5, 0.6) is 5.75 Å². The second-order valence-electron chi connectivity index (χ2n) is 5.64. The number of anilines is 1. The number of nitrogens with zero attached hydrogens (tertiary/aromatic N) is 2. The van der Waals surface area contributed by atoms with E-state index in [1.165, 1.54) is 11.4 Å². The first kappa shape index (κ1) is 18.3. The van der Waals surface area contributed by atoms with Crippen LogP contribution in [0.4, 0.5) is 5.69 Å². The van der Waals surface area contributed by atoms with Gasteiger partial charge >= 0.3 is 0 Å². The van der Waals surface area contributed by atoms with Crippen molar-refractivity contribution in [3.63, 3.8) is 0 Å². The molecule has 0 aliphatic rings. The van der Waals surface area contributed by atoms with Crippen LogP contribution in [-0.4, -0.2) is 40.5 Å². The van der Waals surface area contributed by atoms with Crippen molar-refractivity contribution in [2.24, 2.45) is 0 Å². The topological polar surface area (TPSA) is 49.9 Å². The van der Waals surface area contributed by atoms with Crippen molar-refractivity contribution in [3.8, 4) is 5.75 Å². The van der Waals surface area contributed by atoms with Gasteiger partial charge in [0.1, 0.15) is 10.6 Å². The van der Waals surface area contributed by atoms with Gasteiger partial charge in [-0.2, -0.15) is 4.31 Å². The Morgan fingerprint density at radius 2 is 1.62 bits per heavy atom.